The third-order valence-corrected chi connectivity index (χ3v) is 4.51. The van der Waals surface area contributed by atoms with Gasteiger partial charge in [-0.05, 0) is 31.6 Å². The van der Waals surface area contributed by atoms with Gasteiger partial charge in [-0.2, -0.15) is 5.10 Å². The summed E-state index contributed by atoms with van der Waals surface area (Å²) in [6.45, 7) is 2.17. The van der Waals surface area contributed by atoms with Gasteiger partial charge in [-0.15, -0.1) is 0 Å². The van der Waals surface area contributed by atoms with Crippen molar-refractivity contribution < 1.29 is 4.74 Å². The Morgan fingerprint density at radius 2 is 2.10 bits per heavy atom. The molecule has 1 saturated heterocycles. The predicted molar refractivity (Wildman–Crippen MR) is 78.3 cm³/mol. The summed E-state index contributed by atoms with van der Waals surface area (Å²) in [6.07, 6.45) is 7.03. The molecule has 0 radical (unpaired) electrons. The molecule has 1 aromatic rings. The SMILES string of the molecule is O=c1c(NC2CCOCC2)c(Cl)cnn1CC1CCC1. The fourth-order valence-corrected chi connectivity index (χ4v) is 2.87. The van der Waals surface area contributed by atoms with Gasteiger partial charge in [0.15, 0.2) is 0 Å². The van der Waals surface area contributed by atoms with E-state index in [4.69, 9.17) is 16.3 Å². The van der Waals surface area contributed by atoms with Crippen LogP contribution in [-0.4, -0.2) is 29.0 Å². The molecule has 1 saturated carbocycles. The van der Waals surface area contributed by atoms with Crippen LogP contribution in [0.15, 0.2) is 11.0 Å². The Labute approximate surface area is 123 Å². The molecule has 20 heavy (non-hydrogen) atoms. The van der Waals surface area contributed by atoms with Crippen LogP contribution >= 0.6 is 11.6 Å². The van der Waals surface area contributed by atoms with E-state index in [0.29, 0.717) is 23.2 Å². The van der Waals surface area contributed by atoms with Gasteiger partial charge in [0.25, 0.3) is 5.56 Å². The first-order chi connectivity index (χ1) is 9.74. The number of nitrogens with zero attached hydrogens (tertiary/aromatic N) is 2. The van der Waals surface area contributed by atoms with E-state index in [-0.39, 0.29) is 11.6 Å². The molecule has 6 heteroatoms. The highest BCUT2D eigenvalue weighted by Gasteiger charge is 2.21. The molecule has 0 atom stereocenters. The lowest BCUT2D eigenvalue weighted by atomic mass is 9.85. The smallest absolute Gasteiger partial charge is 0.291 e. The van der Waals surface area contributed by atoms with Crippen molar-refractivity contribution in [2.45, 2.75) is 44.7 Å². The van der Waals surface area contributed by atoms with Gasteiger partial charge in [0.05, 0.1) is 11.2 Å². The number of aromatic nitrogens is 2. The van der Waals surface area contributed by atoms with Gasteiger partial charge >= 0.3 is 0 Å². The second-order valence-electron chi connectivity index (χ2n) is 5.68. The molecule has 3 rings (SSSR count). The van der Waals surface area contributed by atoms with E-state index in [1.165, 1.54) is 19.3 Å². The summed E-state index contributed by atoms with van der Waals surface area (Å²) in [5.41, 5.74) is 0.392. The van der Waals surface area contributed by atoms with Crippen LogP contribution in [0.25, 0.3) is 0 Å². The summed E-state index contributed by atoms with van der Waals surface area (Å²) in [5.74, 6) is 0.595. The van der Waals surface area contributed by atoms with Crippen LogP contribution in [0.3, 0.4) is 0 Å². The molecule has 0 aromatic carbocycles. The lowest BCUT2D eigenvalue weighted by Crippen LogP contribution is -2.34. The molecule has 1 N–H and O–H groups in total. The minimum atomic E-state index is -0.101. The van der Waals surface area contributed by atoms with Crippen LogP contribution < -0.4 is 10.9 Å². The predicted octanol–water partition coefficient (Wildman–Crippen LogP) is 2.29. The largest absolute Gasteiger partial charge is 0.381 e. The molecule has 0 amide bonds. The van der Waals surface area contributed by atoms with Crippen LogP contribution in [0, 0.1) is 5.92 Å². The molecule has 1 aliphatic carbocycles. The second-order valence-corrected chi connectivity index (χ2v) is 6.09. The zero-order chi connectivity index (χ0) is 13.9. The fraction of sp³-hybridized carbons (Fsp3) is 0.714. The highest BCUT2D eigenvalue weighted by molar-refractivity contribution is 6.33. The van der Waals surface area contributed by atoms with Gasteiger partial charge in [0.2, 0.25) is 0 Å². The average molecular weight is 298 g/mol. The monoisotopic (exact) mass is 297 g/mol. The molecule has 0 bridgehead atoms. The van der Waals surface area contributed by atoms with E-state index in [1.807, 2.05) is 0 Å². The minimum Gasteiger partial charge on any atom is -0.381 e. The zero-order valence-corrected chi connectivity index (χ0v) is 12.2. The van der Waals surface area contributed by atoms with Gasteiger partial charge in [-0.25, -0.2) is 4.68 Å². The van der Waals surface area contributed by atoms with E-state index in [1.54, 1.807) is 10.9 Å². The highest BCUT2D eigenvalue weighted by atomic mass is 35.5. The molecule has 1 aromatic heterocycles. The normalized spacial score (nSPS) is 20.6. The van der Waals surface area contributed by atoms with Crippen molar-refractivity contribution in [1.82, 2.24) is 9.78 Å². The van der Waals surface area contributed by atoms with Gasteiger partial charge in [-0.1, -0.05) is 18.0 Å². The number of nitrogens with one attached hydrogen (secondary N) is 1. The second kappa shape index (κ2) is 6.14. The van der Waals surface area contributed by atoms with Crippen molar-refractivity contribution in [2.75, 3.05) is 18.5 Å². The maximum Gasteiger partial charge on any atom is 0.291 e. The Bertz CT molecular complexity index is 522. The average Bonchev–Trinajstić information content (AvgIpc) is 2.42. The van der Waals surface area contributed by atoms with Crippen molar-refractivity contribution in [3.63, 3.8) is 0 Å². The van der Waals surface area contributed by atoms with Gasteiger partial charge < -0.3 is 10.1 Å². The summed E-state index contributed by atoms with van der Waals surface area (Å²) in [4.78, 5) is 12.5. The van der Waals surface area contributed by atoms with E-state index in [9.17, 15) is 4.79 Å². The summed E-state index contributed by atoms with van der Waals surface area (Å²) < 4.78 is 6.88. The lowest BCUT2D eigenvalue weighted by molar-refractivity contribution is 0.0904. The van der Waals surface area contributed by atoms with Crippen molar-refractivity contribution >= 4 is 17.3 Å². The first-order valence-electron chi connectivity index (χ1n) is 7.34. The van der Waals surface area contributed by atoms with Gasteiger partial charge in [-0.3, -0.25) is 4.79 Å². The number of rotatable bonds is 4. The Balaban J connectivity index is 1.77. The zero-order valence-electron chi connectivity index (χ0n) is 11.5. The third-order valence-electron chi connectivity index (χ3n) is 4.22. The van der Waals surface area contributed by atoms with Crippen LogP contribution in [0.4, 0.5) is 5.69 Å². The maximum absolute atomic E-state index is 12.5. The number of anilines is 1. The standard InChI is InChI=1S/C14H20ClN3O2/c15-12-8-16-18(9-10-2-1-3-10)14(19)13(12)17-11-4-6-20-7-5-11/h8,10-11,17H,1-7,9H2. The molecular weight excluding hydrogens is 278 g/mol. The van der Waals surface area contributed by atoms with Gasteiger partial charge in [0.1, 0.15) is 5.69 Å². The van der Waals surface area contributed by atoms with E-state index in [2.05, 4.69) is 10.4 Å². The van der Waals surface area contributed by atoms with E-state index < -0.39 is 0 Å². The molecule has 2 heterocycles. The molecule has 1 aliphatic heterocycles. The Hall–Kier alpha value is -1.07. The molecular formula is C14H20ClN3O2. The first-order valence-corrected chi connectivity index (χ1v) is 7.72. The van der Waals surface area contributed by atoms with Gasteiger partial charge in [0, 0.05) is 25.8 Å². The molecule has 110 valence electrons. The van der Waals surface area contributed by atoms with E-state index >= 15 is 0 Å². The summed E-state index contributed by atoms with van der Waals surface area (Å²) in [6, 6.07) is 0.258. The van der Waals surface area contributed by atoms with Crippen molar-refractivity contribution in [3.8, 4) is 0 Å². The topological polar surface area (TPSA) is 56.1 Å². The maximum atomic E-state index is 12.5. The molecule has 5 nitrogen and oxygen atoms in total. The summed E-state index contributed by atoms with van der Waals surface area (Å²) in [5, 5.41) is 7.85. The highest BCUT2D eigenvalue weighted by Crippen LogP contribution is 2.27. The molecule has 0 unspecified atom stereocenters. The van der Waals surface area contributed by atoms with Crippen LogP contribution in [0.5, 0.6) is 0 Å². The Morgan fingerprint density at radius 1 is 1.35 bits per heavy atom. The van der Waals surface area contributed by atoms with Crippen LogP contribution in [0.1, 0.15) is 32.1 Å². The molecule has 2 fully saturated rings. The summed E-state index contributed by atoms with van der Waals surface area (Å²) >= 11 is 6.14. The number of ether oxygens (including phenoxy) is 1. The van der Waals surface area contributed by atoms with Crippen LogP contribution in [-0.2, 0) is 11.3 Å². The van der Waals surface area contributed by atoms with Crippen molar-refractivity contribution in [2.24, 2.45) is 5.92 Å². The van der Waals surface area contributed by atoms with Crippen LogP contribution in [0.2, 0.25) is 5.02 Å². The lowest BCUT2D eigenvalue weighted by Gasteiger charge is -2.26. The quantitative estimate of drug-likeness (QED) is 0.926. The number of halogens is 1. The minimum absolute atomic E-state index is 0.101. The van der Waals surface area contributed by atoms with Crippen molar-refractivity contribution in [3.05, 3.63) is 21.6 Å². The Kier molecular flexibility index (Phi) is 4.27. The molecule has 0 spiro atoms. The summed E-state index contributed by atoms with van der Waals surface area (Å²) in [7, 11) is 0. The number of hydrogen-bond donors (Lipinski definition) is 1. The van der Waals surface area contributed by atoms with Crippen molar-refractivity contribution in [1.29, 1.82) is 0 Å². The first kappa shape index (κ1) is 13.9. The van der Waals surface area contributed by atoms with E-state index in [0.717, 1.165) is 26.1 Å². The fourth-order valence-electron chi connectivity index (χ4n) is 2.70. The number of hydrogen-bond acceptors (Lipinski definition) is 4. The Morgan fingerprint density at radius 3 is 2.75 bits per heavy atom. The molecule has 2 aliphatic rings. The third kappa shape index (κ3) is 2.99.